The average Bonchev–Trinajstić information content (AvgIpc) is 2.39. The molecule has 7 heteroatoms. The van der Waals surface area contributed by atoms with Crippen molar-refractivity contribution in [3.63, 3.8) is 0 Å². The van der Waals surface area contributed by atoms with E-state index in [0.717, 1.165) is 0 Å². The second-order valence-electron chi connectivity index (χ2n) is 3.53. The summed E-state index contributed by atoms with van der Waals surface area (Å²) >= 11 is 3.20. The summed E-state index contributed by atoms with van der Waals surface area (Å²) in [6.45, 7) is 0. The lowest BCUT2D eigenvalue weighted by Crippen LogP contribution is -2.08. The Balaban J connectivity index is 2.13. The number of hydrogen-bond acceptors (Lipinski definition) is 5. The van der Waals surface area contributed by atoms with Crippen LogP contribution in [0.1, 0.15) is 10.4 Å². The Kier molecular flexibility index (Phi) is 3.86. The van der Waals surface area contributed by atoms with Gasteiger partial charge in [0, 0.05) is 29.0 Å². The predicted molar refractivity (Wildman–Crippen MR) is 70.0 cm³/mol. The number of hydrogen-bond donors (Lipinski definition) is 0. The number of aromatic nitrogens is 1. The van der Waals surface area contributed by atoms with Crippen LogP contribution in [0, 0.1) is 10.1 Å². The van der Waals surface area contributed by atoms with Crippen LogP contribution < -0.4 is 4.74 Å². The van der Waals surface area contributed by atoms with Crippen LogP contribution in [0.3, 0.4) is 0 Å². The largest absolute Gasteiger partial charge is 0.423 e. The smallest absolute Gasteiger partial charge is 0.345 e. The minimum Gasteiger partial charge on any atom is -0.423 e. The molecule has 2 rings (SSSR count). The van der Waals surface area contributed by atoms with Crippen LogP contribution in [0.2, 0.25) is 0 Å². The fourth-order valence-corrected chi connectivity index (χ4v) is 1.69. The van der Waals surface area contributed by atoms with E-state index in [1.54, 1.807) is 12.3 Å². The lowest BCUT2D eigenvalue weighted by molar-refractivity contribution is -0.384. The summed E-state index contributed by atoms with van der Waals surface area (Å²) in [5.41, 5.74) is 0.219. The van der Waals surface area contributed by atoms with Gasteiger partial charge in [0.2, 0.25) is 0 Å². The molecule has 2 aromatic rings. The first kappa shape index (κ1) is 13.2. The van der Waals surface area contributed by atoms with Crippen LogP contribution in [0.25, 0.3) is 0 Å². The summed E-state index contributed by atoms with van der Waals surface area (Å²) in [6, 6.07) is 6.83. The summed E-state index contributed by atoms with van der Waals surface area (Å²) in [6.07, 6.45) is 2.92. The molecule has 0 aliphatic carbocycles. The van der Waals surface area contributed by atoms with Gasteiger partial charge in [0.05, 0.1) is 10.5 Å². The number of esters is 1. The number of pyridine rings is 1. The lowest BCUT2D eigenvalue weighted by Gasteiger charge is -2.03. The Morgan fingerprint density at radius 1 is 1.26 bits per heavy atom. The standard InChI is InChI=1S/C12H7BrN2O4/c13-9-5-8(6-14-7-9)12(16)19-11-3-1-10(2-4-11)15(17)18/h1-7H. The van der Waals surface area contributed by atoms with Crippen LogP contribution in [0.4, 0.5) is 5.69 Å². The summed E-state index contributed by atoms with van der Waals surface area (Å²) in [4.78, 5) is 25.6. The number of benzene rings is 1. The van der Waals surface area contributed by atoms with E-state index in [9.17, 15) is 14.9 Å². The topological polar surface area (TPSA) is 82.3 Å². The molecule has 0 N–H and O–H groups in total. The average molecular weight is 323 g/mol. The van der Waals surface area contributed by atoms with E-state index in [4.69, 9.17) is 4.74 Å². The molecule has 6 nitrogen and oxygen atoms in total. The second-order valence-corrected chi connectivity index (χ2v) is 4.45. The molecule has 0 spiro atoms. The van der Waals surface area contributed by atoms with Gasteiger partial charge < -0.3 is 4.74 Å². The molecule has 19 heavy (non-hydrogen) atoms. The highest BCUT2D eigenvalue weighted by atomic mass is 79.9. The zero-order valence-corrected chi connectivity index (χ0v) is 11.0. The van der Waals surface area contributed by atoms with E-state index in [0.29, 0.717) is 4.47 Å². The number of halogens is 1. The van der Waals surface area contributed by atoms with Gasteiger partial charge in [-0.2, -0.15) is 0 Å². The predicted octanol–water partition coefficient (Wildman–Crippen LogP) is 2.97. The summed E-state index contributed by atoms with van der Waals surface area (Å²) in [5.74, 6) is -0.349. The zero-order valence-electron chi connectivity index (χ0n) is 9.45. The fourth-order valence-electron chi connectivity index (χ4n) is 1.33. The Morgan fingerprint density at radius 2 is 1.95 bits per heavy atom. The molecule has 1 aromatic carbocycles. The Hall–Kier alpha value is -2.28. The van der Waals surface area contributed by atoms with Crippen LogP contribution >= 0.6 is 15.9 Å². The van der Waals surface area contributed by atoms with Crippen LogP contribution in [0.15, 0.2) is 47.2 Å². The van der Waals surface area contributed by atoms with E-state index in [-0.39, 0.29) is 17.0 Å². The van der Waals surface area contributed by atoms with E-state index < -0.39 is 10.9 Å². The molecule has 0 saturated heterocycles. The van der Waals surface area contributed by atoms with Crippen molar-refractivity contribution in [1.29, 1.82) is 0 Å². The molecule has 0 aliphatic heterocycles. The van der Waals surface area contributed by atoms with Crippen molar-refractivity contribution >= 4 is 27.6 Å². The minimum absolute atomic E-state index is 0.0658. The normalized spacial score (nSPS) is 9.95. The molecule has 0 unspecified atom stereocenters. The maximum Gasteiger partial charge on any atom is 0.345 e. The fraction of sp³-hybridized carbons (Fsp3) is 0. The quantitative estimate of drug-likeness (QED) is 0.375. The van der Waals surface area contributed by atoms with Gasteiger partial charge in [0.25, 0.3) is 5.69 Å². The number of nitro benzene ring substituents is 1. The van der Waals surface area contributed by atoms with Gasteiger partial charge in [0.1, 0.15) is 5.75 Å². The first-order valence-corrected chi connectivity index (χ1v) is 5.93. The van der Waals surface area contributed by atoms with Crippen molar-refractivity contribution in [3.8, 4) is 5.75 Å². The van der Waals surface area contributed by atoms with Gasteiger partial charge in [-0.1, -0.05) is 0 Å². The molecule has 0 amide bonds. The number of nitrogens with zero attached hydrogens (tertiary/aromatic N) is 2. The van der Waals surface area contributed by atoms with E-state index in [2.05, 4.69) is 20.9 Å². The van der Waals surface area contributed by atoms with E-state index >= 15 is 0 Å². The third-order valence-corrected chi connectivity index (χ3v) is 2.63. The molecule has 0 fully saturated rings. The number of rotatable bonds is 3. The van der Waals surface area contributed by atoms with Crippen molar-refractivity contribution in [2.75, 3.05) is 0 Å². The number of ether oxygens (including phenoxy) is 1. The highest BCUT2D eigenvalue weighted by molar-refractivity contribution is 9.10. The van der Waals surface area contributed by atoms with Gasteiger partial charge in [-0.25, -0.2) is 4.79 Å². The van der Waals surface area contributed by atoms with Crippen molar-refractivity contribution in [2.45, 2.75) is 0 Å². The maximum atomic E-state index is 11.8. The minimum atomic E-state index is -0.581. The van der Waals surface area contributed by atoms with E-state index in [1.807, 2.05) is 0 Å². The van der Waals surface area contributed by atoms with Crippen molar-refractivity contribution < 1.29 is 14.5 Å². The van der Waals surface area contributed by atoms with Gasteiger partial charge in [-0.3, -0.25) is 15.1 Å². The number of carbonyl (C=O) groups excluding carboxylic acids is 1. The highest BCUT2D eigenvalue weighted by Gasteiger charge is 2.11. The van der Waals surface area contributed by atoms with Gasteiger partial charge >= 0.3 is 5.97 Å². The Bertz CT molecular complexity index is 628. The number of nitro groups is 1. The maximum absolute atomic E-state index is 11.8. The number of non-ortho nitro benzene ring substituents is 1. The monoisotopic (exact) mass is 322 g/mol. The molecule has 0 bridgehead atoms. The van der Waals surface area contributed by atoms with Crippen LogP contribution in [0.5, 0.6) is 5.75 Å². The molecule has 96 valence electrons. The molecule has 0 aliphatic rings. The molecule has 0 radical (unpaired) electrons. The third kappa shape index (κ3) is 3.35. The first-order valence-electron chi connectivity index (χ1n) is 5.13. The van der Waals surface area contributed by atoms with Crippen LogP contribution in [-0.2, 0) is 0 Å². The molecular weight excluding hydrogens is 316 g/mol. The van der Waals surface area contributed by atoms with Crippen LogP contribution in [-0.4, -0.2) is 15.9 Å². The van der Waals surface area contributed by atoms with Gasteiger partial charge in [-0.15, -0.1) is 0 Å². The SMILES string of the molecule is O=C(Oc1ccc([N+](=O)[O-])cc1)c1cncc(Br)c1. The summed E-state index contributed by atoms with van der Waals surface area (Å²) in [5, 5.41) is 10.5. The Labute approximate surface area is 116 Å². The molecule has 0 atom stereocenters. The molecule has 0 saturated carbocycles. The third-order valence-electron chi connectivity index (χ3n) is 2.20. The highest BCUT2D eigenvalue weighted by Crippen LogP contribution is 2.19. The molecule has 1 aromatic heterocycles. The number of carbonyl (C=O) groups is 1. The van der Waals surface area contributed by atoms with Crippen molar-refractivity contribution in [3.05, 3.63) is 62.9 Å². The molecular formula is C12H7BrN2O4. The van der Waals surface area contributed by atoms with Gasteiger partial charge in [0.15, 0.2) is 0 Å². The van der Waals surface area contributed by atoms with Crippen molar-refractivity contribution in [2.24, 2.45) is 0 Å². The van der Waals surface area contributed by atoms with E-state index in [1.165, 1.54) is 30.5 Å². The van der Waals surface area contributed by atoms with Crippen molar-refractivity contribution in [1.82, 2.24) is 4.98 Å². The first-order chi connectivity index (χ1) is 9.06. The lowest BCUT2D eigenvalue weighted by atomic mass is 10.3. The van der Waals surface area contributed by atoms with Gasteiger partial charge in [-0.05, 0) is 34.1 Å². The Morgan fingerprint density at radius 3 is 2.53 bits per heavy atom. The second kappa shape index (κ2) is 5.57. The summed E-state index contributed by atoms with van der Waals surface area (Å²) in [7, 11) is 0. The zero-order chi connectivity index (χ0) is 13.8. The summed E-state index contributed by atoms with van der Waals surface area (Å²) < 4.78 is 5.73. The molecule has 1 heterocycles.